The van der Waals surface area contributed by atoms with Crippen molar-refractivity contribution in [3.8, 4) is 0 Å². The Morgan fingerprint density at radius 1 is 0.522 bits per heavy atom. The van der Waals surface area contributed by atoms with E-state index in [0.717, 1.165) is 38.5 Å². The average molecular weight is 673 g/mol. The predicted molar refractivity (Wildman–Crippen MR) is 167 cm³/mol. The number of carboxylic acids is 2. The van der Waals surface area contributed by atoms with E-state index < -0.39 is 37.4 Å². The fourth-order valence-electron chi connectivity index (χ4n) is 3.86. The van der Waals surface area contributed by atoms with Crippen LogP contribution in [-0.2, 0) is 38.0 Å². The molecule has 0 fully saturated rings. The monoisotopic (exact) mass is 672 g/mol. The minimum absolute atomic E-state index is 0. The summed E-state index contributed by atoms with van der Waals surface area (Å²) in [5, 5.41) is 21.6. The van der Waals surface area contributed by atoms with Gasteiger partial charge in [-0.05, 0) is 51.4 Å². The first kappa shape index (κ1) is 50.3. The minimum Gasteiger partial charge on any atom is -0.548 e. The summed E-state index contributed by atoms with van der Waals surface area (Å²) in [6.07, 6.45) is 24.5. The summed E-state index contributed by atoms with van der Waals surface area (Å²) in [5.74, 6) is -2.59. The van der Waals surface area contributed by atoms with Crippen molar-refractivity contribution in [3.63, 3.8) is 0 Å². The molecule has 0 aromatic rings. The molecule has 256 valence electrons. The summed E-state index contributed by atoms with van der Waals surface area (Å²) >= 11 is 0. The van der Waals surface area contributed by atoms with Crippen LogP contribution in [0, 0.1) is 0 Å². The van der Waals surface area contributed by atoms with Crippen LogP contribution in [0.1, 0.15) is 90.9 Å². The average Bonchev–Trinajstić information content (AvgIpc) is 3.00. The fraction of sp³-hybridized carbons (Fsp3) is 0.765. The van der Waals surface area contributed by atoms with E-state index in [9.17, 15) is 19.8 Å². The van der Waals surface area contributed by atoms with E-state index in [1.165, 1.54) is 38.5 Å². The third-order valence-electron chi connectivity index (χ3n) is 6.28. The molecule has 10 nitrogen and oxygen atoms in total. The first-order valence-corrected chi connectivity index (χ1v) is 16.4. The molecule has 0 radical (unpaired) electrons. The van der Waals surface area contributed by atoms with Gasteiger partial charge in [-0.25, -0.2) is 0 Å². The molecule has 0 aromatic heterocycles. The zero-order valence-corrected chi connectivity index (χ0v) is 33.3. The van der Waals surface area contributed by atoms with Gasteiger partial charge in [-0.1, -0.05) is 76.0 Å². The van der Waals surface area contributed by atoms with Crippen molar-refractivity contribution in [1.29, 1.82) is 0 Å². The van der Waals surface area contributed by atoms with E-state index in [0.29, 0.717) is 13.2 Å². The van der Waals surface area contributed by atoms with Gasteiger partial charge in [0.1, 0.15) is 12.2 Å². The first-order chi connectivity index (χ1) is 21.5. The van der Waals surface area contributed by atoms with Crippen LogP contribution in [-0.4, -0.2) is 90.2 Å². The molecule has 2 unspecified atom stereocenters. The first-order valence-electron chi connectivity index (χ1n) is 16.4. The van der Waals surface area contributed by atoms with Crippen LogP contribution in [0.5, 0.6) is 0 Å². The molecule has 0 saturated carbocycles. The van der Waals surface area contributed by atoms with Gasteiger partial charge in [0.2, 0.25) is 0 Å². The Labute approximate surface area is 322 Å². The molecule has 0 heterocycles. The van der Waals surface area contributed by atoms with Crippen LogP contribution >= 0.6 is 0 Å². The molecule has 0 spiro atoms. The molecule has 0 saturated heterocycles. The number of rotatable bonds is 34. The second kappa shape index (κ2) is 41.1. The van der Waals surface area contributed by atoms with E-state index >= 15 is 0 Å². The zero-order chi connectivity index (χ0) is 32.4. The molecule has 0 rings (SSSR count). The number of carbonyl (C=O) groups is 2. The SMILES string of the molecule is CCCCC/C=C\CCCOCC(COC/C=C\COCC(COCCC/C=C\CCCCC)OCC(=O)[O-])OCC(=O)[O-].[Na+].[Na+]. The Morgan fingerprint density at radius 2 is 0.870 bits per heavy atom. The van der Waals surface area contributed by atoms with Gasteiger partial charge in [0.25, 0.3) is 0 Å². The number of ether oxygens (including phenoxy) is 6. The van der Waals surface area contributed by atoms with E-state index in [1.807, 2.05) is 0 Å². The summed E-state index contributed by atoms with van der Waals surface area (Å²) in [6.45, 7) is 5.78. The third kappa shape index (κ3) is 40.1. The molecule has 2 atom stereocenters. The van der Waals surface area contributed by atoms with Gasteiger partial charge in [0, 0.05) is 13.2 Å². The molecule has 0 aliphatic heterocycles. The topological polar surface area (TPSA) is 136 Å². The largest absolute Gasteiger partial charge is 1.00 e. The van der Waals surface area contributed by atoms with Crippen molar-refractivity contribution in [1.82, 2.24) is 0 Å². The molecule has 12 heteroatoms. The van der Waals surface area contributed by atoms with Crippen molar-refractivity contribution < 1.29 is 107 Å². The third-order valence-corrected chi connectivity index (χ3v) is 6.28. The molecular formula is C34H58Na2O10. The van der Waals surface area contributed by atoms with Gasteiger partial charge in [0.05, 0.1) is 64.8 Å². The molecule has 0 aliphatic rings. The number of carboxylic acid groups (broad SMARTS) is 2. The van der Waals surface area contributed by atoms with Crippen LogP contribution in [0.2, 0.25) is 0 Å². The van der Waals surface area contributed by atoms with Crippen LogP contribution in [0.15, 0.2) is 36.5 Å². The quantitative estimate of drug-likeness (QED) is 0.0418. The number of unbranched alkanes of at least 4 members (excludes halogenated alkanes) is 8. The molecule has 0 aliphatic carbocycles. The minimum atomic E-state index is -1.29. The van der Waals surface area contributed by atoms with Crippen molar-refractivity contribution in [2.75, 3.05) is 66.1 Å². The smallest absolute Gasteiger partial charge is 0.548 e. The Balaban J connectivity index is -0.00000924. The maximum atomic E-state index is 10.8. The summed E-state index contributed by atoms with van der Waals surface area (Å²) in [5.41, 5.74) is 0. The standard InChI is InChI=1S/C34H60O10.2Na/c1-3-5-7-9-11-13-15-17-21-39-25-31(43-29-33(35)36)27-41-23-19-20-24-42-28-32(44-30-34(37)38)26-40-22-18-16-14-12-10-8-6-4-2;;/h11-14,19-20,31-32H,3-10,15-18,21-30H2,1-2H3,(H,35,36)(H,37,38);;/q;2*+1/p-2/b13-11-,14-12-,20-19-;;. The number of hydrogen-bond acceptors (Lipinski definition) is 10. The van der Waals surface area contributed by atoms with Gasteiger partial charge in [0.15, 0.2) is 0 Å². The second-order valence-corrected chi connectivity index (χ2v) is 10.5. The van der Waals surface area contributed by atoms with Crippen molar-refractivity contribution in [2.45, 2.75) is 103 Å². The van der Waals surface area contributed by atoms with E-state index in [2.05, 4.69) is 38.2 Å². The molecule has 0 aromatic carbocycles. The van der Waals surface area contributed by atoms with Crippen LogP contribution in [0.25, 0.3) is 0 Å². The normalized spacial score (nSPS) is 12.8. The van der Waals surface area contributed by atoms with E-state index in [1.54, 1.807) is 12.2 Å². The van der Waals surface area contributed by atoms with Crippen molar-refractivity contribution >= 4 is 11.9 Å². The Kier molecular flexibility index (Phi) is 44.9. The summed E-state index contributed by atoms with van der Waals surface area (Å²) in [6, 6.07) is 0. The van der Waals surface area contributed by atoms with E-state index in [4.69, 9.17) is 28.4 Å². The van der Waals surface area contributed by atoms with Crippen LogP contribution < -0.4 is 69.3 Å². The van der Waals surface area contributed by atoms with Gasteiger partial charge < -0.3 is 48.2 Å². The summed E-state index contributed by atoms with van der Waals surface area (Å²) in [4.78, 5) is 21.6. The molecular weight excluding hydrogens is 614 g/mol. The van der Waals surface area contributed by atoms with Crippen LogP contribution in [0.4, 0.5) is 0 Å². The van der Waals surface area contributed by atoms with Gasteiger partial charge >= 0.3 is 59.1 Å². The Hall–Kier alpha value is -0.0800. The second-order valence-electron chi connectivity index (χ2n) is 10.5. The Morgan fingerprint density at radius 3 is 1.22 bits per heavy atom. The van der Waals surface area contributed by atoms with E-state index in [-0.39, 0.29) is 98.8 Å². The number of allylic oxidation sites excluding steroid dienone is 4. The van der Waals surface area contributed by atoms with Crippen LogP contribution in [0.3, 0.4) is 0 Å². The predicted octanol–water partition coefficient (Wildman–Crippen LogP) is -2.28. The van der Waals surface area contributed by atoms with Gasteiger partial charge in [-0.3, -0.25) is 0 Å². The van der Waals surface area contributed by atoms with Gasteiger partial charge in [-0.15, -0.1) is 0 Å². The molecule has 0 bridgehead atoms. The molecule has 46 heavy (non-hydrogen) atoms. The summed E-state index contributed by atoms with van der Waals surface area (Å²) < 4.78 is 33.1. The molecule has 0 amide bonds. The summed E-state index contributed by atoms with van der Waals surface area (Å²) in [7, 11) is 0. The molecule has 0 N–H and O–H groups in total. The maximum Gasteiger partial charge on any atom is 1.00 e. The van der Waals surface area contributed by atoms with Crippen molar-refractivity contribution in [2.24, 2.45) is 0 Å². The maximum absolute atomic E-state index is 10.8. The number of carbonyl (C=O) groups excluding carboxylic acids is 2. The van der Waals surface area contributed by atoms with Crippen molar-refractivity contribution in [3.05, 3.63) is 36.5 Å². The zero-order valence-electron chi connectivity index (χ0n) is 29.3. The number of aliphatic carboxylic acids is 2. The number of hydrogen-bond donors (Lipinski definition) is 0. The van der Waals surface area contributed by atoms with Gasteiger partial charge in [-0.2, -0.15) is 0 Å². The fourth-order valence-corrected chi connectivity index (χ4v) is 3.86. The Bertz CT molecular complexity index is 689.